The molecule has 1 fully saturated rings. The highest BCUT2D eigenvalue weighted by Crippen LogP contribution is 2.41. The minimum absolute atomic E-state index is 0.584. The fourth-order valence-corrected chi connectivity index (χ4v) is 3.74. The molecule has 106 valence electrons. The van der Waals surface area contributed by atoms with E-state index in [4.69, 9.17) is 9.97 Å². The van der Waals surface area contributed by atoms with Crippen molar-refractivity contribution in [1.29, 1.82) is 0 Å². The topological polar surface area (TPSA) is 37.8 Å². The molecular formula is C15H19N3S2. The Morgan fingerprint density at radius 3 is 2.90 bits per heavy atom. The SMILES string of the molecule is CCCNc1nc(C2CC2)nc(Sc2cccs2)c1C. The smallest absolute Gasteiger partial charge is 0.135 e. The molecule has 1 N–H and O–H groups in total. The van der Waals surface area contributed by atoms with Crippen molar-refractivity contribution in [2.75, 3.05) is 11.9 Å². The maximum Gasteiger partial charge on any atom is 0.135 e. The van der Waals surface area contributed by atoms with Gasteiger partial charge in [-0.05, 0) is 37.6 Å². The minimum atomic E-state index is 0.584. The van der Waals surface area contributed by atoms with Gasteiger partial charge in [-0.2, -0.15) is 0 Å². The molecule has 0 bridgehead atoms. The molecule has 0 radical (unpaired) electrons. The second kappa shape index (κ2) is 6.14. The van der Waals surface area contributed by atoms with Crippen molar-refractivity contribution >= 4 is 28.9 Å². The van der Waals surface area contributed by atoms with Crippen LogP contribution in [0.3, 0.4) is 0 Å². The van der Waals surface area contributed by atoms with E-state index in [1.807, 2.05) is 0 Å². The van der Waals surface area contributed by atoms with Gasteiger partial charge in [-0.15, -0.1) is 11.3 Å². The van der Waals surface area contributed by atoms with Gasteiger partial charge in [0.05, 0.1) is 4.21 Å². The van der Waals surface area contributed by atoms with E-state index in [0.29, 0.717) is 5.92 Å². The van der Waals surface area contributed by atoms with Crippen LogP contribution in [0.15, 0.2) is 26.7 Å². The lowest BCUT2D eigenvalue weighted by atomic mass is 10.3. The van der Waals surface area contributed by atoms with Crippen molar-refractivity contribution in [1.82, 2.24) is 9.97 Å². The van der Waals surface area contributed by atoms with Gasteiger partial charge in [-0.1, -0.05) is 24.8 Å². The zero-order valence-corrected chi connectivity index (χ0v) is 13.5. The number of aromatic nitrogens is 2. The fraction of sp³-hybridized carbons (Fsp3) is 0.467. The van der Waals surface area contributed by atoms with Crippen LogP contribution in [-0.2, 0) is 0 Å². The van der Waals surface area contributed by atoms with Gasteiger partial charge in [0.25, 0.3) is 0 Å². The molecule has 0 unspecified atom stereocenters. The maximum absolute atomic E-state index is 4.80. The third-order valence-electron chi connectivity index (χ3n) is 3.30. The molecular weight excluding hydrogens is 286 g/mol. The van der Waals surface area contributed by atoms with Crippen molar-refractivity contribution in [3.8, 4) is 0 Å². The number of hydrogen-bond donors (Lipinski definition) is 1. The summed E-state index contributed by atoms with van der Waals surface area (Å²) in [6, 6.07) is 4.23. The summed E-state index contributed by atoms with van der Waals surface area (Å²) in [4.78, 5) is 9.53. The van der Waals surface area contributed by atoms with E-state index in [2.05, 4.69) is 36.7 Å². The Labute approximate surface area is 128 Å². The van der Waals surface area contributed by atoms with Crippen LogP contribution in [0.1, 0.15) is 43.5 Å². The molecule has 1 saturated carbocycles. The summed E-state index contributed by atoms with van der Waals surface area (Å²) in [7, 11) is 0. The second-order valence-corrected chi connectivity index (χ2v) is 7.33. The Bertz CT molecular complexity index is 577. The Balaban J connectivity index is 1.91. The molecule has 1 aliphatic carbocycles. The average Bonchev–Trinajstić information content (AvgIpc) is 3.18. The molecule has 0 saturated heterocycles. The summed E-state index contributed by atoms with van der Waals surface area (Å²) in [5.41, 5.74) is 1.17. The molecule has 2 aromatic rings. The monoisotopic (exact) mass is 305 g/mol. The predicted molar refractivity (Wildman–Crippen MR) is 86.0 cm³/mol. The molecule has 0 aliphatic heterocycles. The van der Waals surface area contributed by atoms with E-state index in [1.54, 1.807) is 23.1 Å². The van der Waals surface area contributed by atoms with Crippen LogP contribution < -0.4 is 5.32 Å². The third kappa shape index (κ3) is 3.15. The molecule has 3 rings (SSSR count). The number of hydrogen-bond acceptors (Lipinski definition) is 5. The molecule has 2 heterocycles. The van der Waals surface area contributed by atoms with Crippen molar-refractivity contribution < 1.29 is 0 Å². The first-order chi connectivity index (χ1) is 9.78. The first kappa shape index (κ1) is 13.9. The lowest BCUT2D eigenvalue weighted by molar-refractivity contribution is 0.853. The lowest BCUT2D eigenvalue weighted by Crippen LogP contribution is -2.08. The summed E-state index contributed by atoms with van der Waals surface area (Å²) in [5, 5.41) is 6.65. The van der Waals surface area contributed by atoms with Gasteiger partial charge in [0.15, 0.2) is 0 Å². The predicted octanol–water partition coefficient (Wildman–Crippen LogP) is 4.70. The van der Waals surface area contributed by atoms with Crippen molar-refractivity contribution in [2.45, 2.75) is 48.3 Å². The zero-order chi connectivity index (χ0) is 13.9. The lowest BCUT2D eigenvalue weighted by Gasteiger charge is -2.12. The normalized spacial score (nSPS) is 14.5. The van der Waals surface area contributed by atoms with E-state index >= 15 is 0 Å². The highest BCUT2D eigenvalue weighted by molar-refractivity contribution is 8.01. The Morgan fingerprint density at radius 2 is 2.25 bits per heavy atom. The Kier molecular flexibility index (Phi) is 4.27. The van der Waals surface area contributed by atoms with Gasteiger partial charge >= 0.3 is 0 Å². The number of rotatable bonds is 6. The highest BCUT2D eigenvalue weighted by atomic mass is 32.2. The number of nitrogens with zero attached hydrogens (tertiary/aromatic N) is 2. The fourth-order valence-electron chi connectivity index (χ4n) is 1.97. The molecule has 0 aromatic carbocycles. The summed E-state index contributed by atoms with van der Waals surface area (Å²) < 4.78 is 1.29. The first-order valence-corrected chi connectivity index (χ1v) is 8.81. The van der Waals surface area contributed by atoms with Gasteiger partial charge in [0.2, 0.25) is 0 Å². The zero-order valence-electron chi connectivity index (χ0n) is 11.8. The van der Waals surface area contributed by atoms with E-state index < -0.39 is 0 Å². The van der Waals surface area contributed by atoms with Gasteiger partial charge in [0, 0.05) is 18.0 Å². The quantitative estimate of drug-likeness (QED) is 0.785. The van der Waals surface area contributed by atoms with Crippen molar-refractivity contribution in [3.05, 3.63) is 28.9 Å². The van der Waals surface area contributed by atoms with Gasteiger partial charge in [0.1, 0.15) is 16.7 Å². The molecule has 2 aromatic heterocycles. The van der Waals surface area contributed by atoms with E-state index in [9.17, 15) is 0 Å². The summed E-state index contributed by atoms with van der Waals surface area (Å²) in [5.74, 6) is 2.62. The van der Waals surface area contributed by atoms with Gasteiger partial charge < -0.3 is 5.32 Å². The van der Waals surface area contributed by atoms with Crippen LogP contribution in [0.5, 0.6) is 0 Å². The number of thiophene rings is 1. The molecule has 20 heavy (non-hydrogen) atoms. The maximum atomic E-state index is 4.80. The van der Waals surface area contributed by atoms with Crippen molar-refractivity contribution in [2.24, 2.45) is 0 Å². The highest BCUT2D eigenvalue weighted by Gasteiger charge is 2.28. The van der Waals surface area contributed by atoms with Crippen LogP contribution in [0.2, 0.25) is 0 Å². The molecule has 0 atom stereocenters. The molecule has 1 aliphatic rings. The van der Waals surface area contributed by atoms with Gasteiger partial charge in [-0.25, -0.2) is 9.97 Å². The number of nitrogens with one attached hydrogen (secondary N) is 1. The van der Waals surface area contributed by atoms with Crippen LogP contribution in [0, 0.1) is 6.92 Å². The summed E-state index contributed by atoms with van der Waals surface area (Å²) in [6.07, 6.45) is 3.58. The van der Waals surface area contributed by atoms with Crippen LogP contribution in [0.4, 0.5) is 5.82 Å². The number of anilines is 1. The molecule has 0 spiro atoms. The largest absolute Gasteiger partial charge is 0.370 e. The average molecular weight is 305 g/mol. The van der Waals surface area contributed by atoms with Crippen molar-refractivity contribution in [3.63, 3.8) is 0 Å². The second-order valence-electron chi connectivity index (χ2n) is 5.10. The van der Waals surface area contributed by atoms with Gasteiger partial charge in [-0.3, -0.25) is 0 Å². The first-order valence-electron chi connectivity index (χ1n) is 7.11. The standard InChI is InChI=1S/C15H19N3S2/c1-3-8-16-13-10(2)15(20-12-5-4-9-19-12)18-14(17-13)11-6-7-11/h4-5,9,11H,3,6-8H2,1-2H3,(H,16,17,18). The van der Waals surface area contributed by atoms with Crippen LogP contribution in [0.25, 0.3) is 0 Å². The van der Waals surface area contributed by atoms with E-state index in [0.717, 1.165) is 29.6 Å². The Morgan fingerprint density at radius 1 is 1.40 bits per heavy atom. The van der Waals surface area contributed by atoms with Crippen LogP contribution in [-0.4, -0.2) is 16.5 Å². The molecule has 0 amide bonds. The van der Waals surface area contributed by atoms with Crippen LogP contribution >= 0.6 is 23.1 Å². The van der Waals surface area contributed by atoms with E-state index in [1.165, 1.54) is 22.6 Å². The minimum Gasteiger partial charge on any atom is -0.370 e. The third-order valence-corrected chi connectivity index (χ3v) is 5.42. The van der Waals surface area contributed by atoms with E-state index in [-0.39, 0.29) is 0 Å². The summed E-state index contributed by atoms with van der Waals surface area (Å²) in [6.45, 7) is 5.25. The molecule has 3 nitrogen and oxygen atoms in total. The summed E-state index contributed by atoms with van der Waals surface area (Å²) >= 11 is 3.52. The molecule has 5 heteroatoms. The Hall–Kier alpha value is -1.07.